The summed E-state index contributed by atoms with van der Waals surface area (Å²) < 4.78 is 16.5. The lowest BCUT2D eigenvalue weighted by molar-refractivity contribution is -0.151. The van der Waals surface area contributed by atoms with Gasteiger partial charge in [-0.25, -0.2) is 0 Å². The number of rotatable bonds is 8. The summed E-state index contributed by atoms with van der Waals surface area (Å²) in [5.41, 5.74) is 2.09. The summed E-state index contributed by atoms with van der Waals surface area (Å²) in [6.45, 7) is 4.43. The number of carbonyl (C=O) groups is 1. The summed E-state index contributed by atoms with van der Waals surface area (Å²) >= 11 is 0. The molecule has 2 aromatic carbocycles. The third-order valence-corrected chi connectivity index (χ3v) is 3.24. The average molecular weight is 314 g/mol. The Kier molecular flexibility index (Phi) is 6.63. The van der Waals surface area contributed by atoms with E-state index >= 15 is 0 Å². The molecule has 1 atom stereocenters. The van der Waals surface area contributed by atoms with Crippen molar-refractivity contribution in [3.8, 4) is 16.9 Å². The molecular formula is C19H22O4. The first-order chi connectivity index (χ1) is 11.2. The van der Waals surface area contributed by atoms with Crippen LogP contribution in [0.4, 0.5) is 0 Å². The number of hydrogen-bond acceptors (Lipinski definition) is 4. The van der Waals surface area contributed by atoms with Gasteiger partial charge in [-0.15, -0.1) is 0 Å². The first kappa shape index (κ1) is 17.0. The highest BCUT2D eigenvalue weighted by Gasteiger charge is 2.14. The summed E-state index contributed by atoms with van der Waals surface area (Å²) in [7, 11) is 0. The van der Waals surface area contributed by atoms with Crippen LogP contribution in [0.3, 0.4) is 0 Å². The van der Waals surface area contributed by atoms with Crippen molar-refractivity contribution in [2.75, 3.05) is 19.8 Å². The molecule has 0 amide bonds. The lowest BCUT2D eigenvalue weighted by Gasteiger charge is -2.19. The molecule has 2 aromatic rings. The van der Waals surface area contributed by atoms with Gasteiger partial charge in [0.15, 0.2) is 6.10 Å². The zero-order valence-electron chi connectivity index (χ0n) is 13.5. The molecule has 0 radical (unpaired) electrons. The second kappa shape index (κ2) is 8.96. The second-order valence-corrected chi connectivity index (χ2v) is 5.06. The molecule has 4 heteroatoms. The molecule has 0 saturated heterocycles. The molecular weight excluding hydrogens is 292 g/mol. The Morgan fingerprint density at radius 2 is 1.70 bits per heavy atom. The molecule has 0 aliphatic rings. The van der Waals surface area contributed by atoms with Crippen molar-refractivity contribution in [3.63, 3.8) is 0 Å². The molecule has 0 spiro atoms. The number of para-hydroxylation sites is 1. The van der Waals surface area contributed by atoms with E-state index in [-0.39, 0.29) is 12.6 Å². The van der Waals surface area contributed by atoms with Gasteiger partial charge in [0.1, 0.15) is 12.4 Å². The molecule has 0 aliphatic carbocycles. The zero-order valence-corrected chi connectivity index (χ0v) is 13.5. The Morgan fingerprint density at radius 3 is 2.39 bits per heavy atom. The molecule has 0 N–H and O–H groups in total. The van der Waals surface area contributed by atoms with Crippen LogP contribution in [0.2, 0.25) is 0 Å². The highest BCUT2D eigenvalue weighted by Crippen LogP contribution is 2.29. The Balaban J connectivity index is 2.08. The fourth-order valence-electron chi connectivity index (χ4n) is 2.23. The van der Waals surface area contributed by atoms with Gasteiger partial charge in [-0.3, -0.25) is 4.79 Å². The maximum Gasteiger partial charge on any atom is 0.303 e. The van der Waals surface area contributed by atoms with E-state index in [9.17, 15) is 4.79 Å². The lowest BCUT2D eigenvalue weighted by atomic mass is 10.1. The van der Waals surface area contributed by atoms with Gasteiger partial charge in [-0.1, -0.05) is 48.5 Å². The minimum absolute atomic E-state index is 0.253. The number of carbonyl (C=O) groups excluding carboxylic acids is 1. The Morgan fingerprint density at radius 1 is 1.00 bits per heavy atom. The van der Waals surface area contributed by atoms with E-state index in [1.165, 1.54) is 6.92 Å². The third-order valence-electron chi connectivity index (χ3n) is 3.24. The standard InChI is InChI=1S/C19H22O4/c1-3-21-13-17(23-15(2)20)14-22-19-12-8-7-11-18(19)16-9-5-4-6-10-16/h4-12,17H,3,13-14H2,1-2H3. The minimum atomic E-state index is -0.420. The average Bonchev–Trinajstić information content (AvgIpc) is 2.58. The normalized spacial score (nSPS) is 11.7. The monoisotopic (exact) mass is 314 g/mol. The quantitative estimate of drug-likeness (QED) is 0.697. The molecule has 4 nitrogen and oxygen atoms in total. The van der Waals surface area contributed by atoms with Gasteiger partial charge in [-0.2, -0.15) is 0 Å². The van der Waals surface area contributed by atoms with Gasteiger partial charge in [0, 0.05) is 19.1 Å². The topological polar surface area (TPSA) is 44.8 Å². The van der Waals surface area contributed by atoms with Gasteiger partial charge in [0.05, 0.1) is 6.61 Å². The van der Waals surface area contributed by atoms with Gasteiger partial charge in [0.25, 0.3) is 0 Å². The predicted molar refractivity (Wildman–Crippen MR) is 89.4 cm³/mol. The molecule has 0 heterocycles. The summed E-state index contributed by atoms with van der Waals surface area (Å²) in [5, 5.41) is 0. The summed E-state index contributed by atoms with van der Waals surface area (Å²) in [6.07, 6.45) is -0.420. The second-order valence-electron chi connectivity index (χ2n) is 5.06. The summed E-state index contributed by atoms with van der Waals surface area (Å²) in [4.78, 5) is 11.2. The first-order valence-electron chi connectivity index (χ1n) is 7.73. The molecule has 122 valence electrons. The molecule has 0 fully saturated rings. The number of esters is 1. The van der Waals surface area contributed by atoms with E-state index in [0.29, 0.717) is 13.2 Å². The fourth-order valence-corrected chi connectivity index (χ4v) is 2.23. The smallest absolute Gasteiger partial charge is 0.303 e. The maximum absolute atomic E-state index is 11.2. The van der Waals surface area contributed by atoms with Crippen molar-refractivity contribution in [2.45, 2.75) is 20.0 Å². The van der Waals surface area contributed by atoms with E-state index in [1.54, 1.807) is 0 Å². The van der Waals surface area contributed by atoms with Gasteiger partial charge in [-0.05, 0) is 18.6 Å². The number of hydrogen-bond donors (Lipinski definition) is 0. The summed E-state index contributed by atoms with van der Waals surface area (Å²) in [5.74, 6) is 0.419. The van der Waals surface area contributed by atoms with Crippen LogP contribution < -0.4 is 4.74 Å². The van der Waals surface area contributed by atoms with Crippen molar-refractivity contribution < 1.29 is 19.0 Å². The Bertz CT molecular complexity index is 610. The third kappa shape index (κ3) is 5.42. The van der Waals surface area contributed by atoms with Crippen molar-refractivity contribution in [2.24, 2.45) is 0 Å². The van der Waals surface area contributed by atoms with E-state index in [2.05, 4.69) is 0 Å². The first-order valence-corrected chi connectivity index (χ1v) is 7.73. The van der Waals surface area contributed by atoms with Crippen LogP contribution in [0.15, 0.2) is 54.6 Å². The Hall–Kier alpha value is -2.33. The Labute approximate surface area is 137 Å². The van der Waals surface area contributed by atoms with E-state index in [1.807, 2.05) is 61.5 Å². The SMILES string of the molecule is CCOCC(COc1ccccc1-c1ccccc1)OC(C)=O. The molecule has 0 aromatic heterocycles. The highest BCUT2D eigenvalue weighted by molar-refractivity contribution is 5.70. The molecule has 23 heavy (non-hydrogen) atoms. The highest BCUT2D eigenvalue weighted by atomic mass is 16.6. The van der Waals surface area contributed by atoms with Crippen LogP contribution >= 0.6 is 0 Å². The van der Waals surface area contributed by atoms with Crippen LogP contribution in [-0.2, 0) is 14.3 Å². The predicted octanol–water partition coefficient (Wildman–Crippen LogP) is 3.70. The van der Waals surface area contributed by atoms with Crippen LogP contribution in [0, 0.1) is 0 Å². The largest absolute Gasteiger partial charge is 0.489 e. The molecule has 1 unspecified atom stereocenters. The fraction of sp³-hybridized carbons (Fsp3) is 0.316. The van der Waals surface area contributed by atoms with Gasteiger partial charge < -0.3 is 14.2 Å². The minimum Gasteiger partial charge on any atom is -0.489 e. The van der Waals surface area contributed by atoms with Crippen molar-refractivity contribution in [1.82, 2.24) is 0 Å². The van der Waals surface area contributed by atoms with Crippen molar-refractivity contribution >= 4 is 5.97 Å². The van der Waals surface area contributed by atoms with Crippen molar-refractivity contribution in [3.05, 3.63) is 54.6 Å². The number of benzene rings is 2. The van der Waals surface area contributed by atoms with Gasteiger partial charge in [0.2, 0.25) is 0 Å². The molecule has 0 saturated carbocycles. The van der Waals surface area contributed by atoms with Crippen LogP contribution in [-0.4, -0.2) is 31.9 Å². The van der Waals surface area contributed by atoms with E-state index < -0.39 is 6.10 Å². The molecule has 2 rings (SSSR count). The lowest BCUT2D eigenvalue weighted by Crippen LogP contribution is -2.29. The van der Waals surface area contributed by atoms with E-state index in [4.69, 9.17) is 14.2 Å². The van der Waals surface area contributed by atoms with Gasteiger partial charge >= 0.3 is 5.97 Å². The molecule has 0 bridgehead atoms. The maximum atomic E-state index is 11.2. The van der Waals surface area contributed by atoms with Crippen molar-refractivity contribution in [1.29, 1.82) is 0 Å². The number of ether oxygens (including phenoxy) is 3. The zero-order chi connectivity index (χ0) is 16.5. The van der Waals surface area contributed by atoms with Crippen LogP contribution in [0.25, 0.3) is 11.1 Å². The van der Waals surface area contributed by atoms with Crippen LogP contribution in [0.5, 0.6) is 5.75 Å². The molecule has 0 aliphatic heterocycles. The van der Waals surface area contributed by atoms with Crippen LogP contribution in [0.1, 0.15) is 13.8 Å². The summed E-state index contributed by atoms with van der Waals surface area (Å²) in [6, 6.07) is 17.8. The van der Waals surface area contributed by atoms with E-state index in [0.717, 1.165) is 16.9 Å².